The molecule has 3 amide bonds. The van der Waals surface area contributed by atoms with Gasteiger partial charge in [0.15, 0.2) is 0 Å². The molecule has 3 rings (SSSR count). The second-order valence-corrected chi connectivity index (χ2v) is 6.48. The molecule has 5 nitrogen and oxygen atoms in total. The third kappa shape index (κ3) is 3.83. The number of nitrogens with zero attached hydrogens (tertiary/aromatic N) is 1. The van der Waals surface area contributed by atoms with Gasteiger partial charge in [-0.05, 0) is 35.9 Å². The molecule has 1 heterocycles. The zero-order valence-electron chi connectivity index (χ0n) is 13.1. The lowest BCUT2D eigenvalue weighted by Gasteiger charge is -2.13. The second kappa shape index (κ2) is 7.25. The topological polar surface area (TPSA) is 66.5 Å². The van der Waals surface area contributed by atoms with Gasteiger partial charge in [-0.15, -0.1) is 0 Å². The van der Waals surface area contributed by atoms with Gasteiger partial charge in [0.05, 0.1) is 11.1 Å². The zero-order chi connectivity index (χ0) is 18.0. The predicted molar refractivity (Wildman–Crippen MR) is 94.7 cm³/mol. The van der Waals surface area contributed by atoms with E-state index in [-0.39, 0.29) is 24.4 Å². The molecule has 0 saturated carbocycles. The highest BCUT2D eigenvalue weighted by molar-refractivity contribution is 6.32. The standard InChI is InChI=1S/C18H14Cl2N2O3/c19-12-3-1-11(2-4-12)10-21-16(23)7-8-22-17(24)14-6-5-13(20)9-15(14)18(22)25/h1-6,9H,7-8,10H2,(H,21,23). The van der Waals surface area contributed by atoms with Gasteiger partial charge in [-0.1, -0.05) is 35.3 Å². The minimum Gasteiger partial charge on any atom is -0.352 e. The Morgan fingerprint density at radius 2 is 1.56 bits per heavy atom. The first kappa shape index (κ1) is 17.5. The Kier molecular flexibility index (Phi) is 5.06. The van der Waals surface area contributed by atoms with E-state index in [0.717, 1.165) is 10.5 Å². The summed E-state index contributed by atoms with van der Waals surface area (Å²) in [5.74, 6) is -1.07. The van der Waals surface area contributed by atoms with Gasteiger partial charge in [0.25, 0.3) is 11.8 Å². The SMILES string of the molecule is O=C(CCN1C(=O)c2ccc(Cl)cc2C1=O)NCc1ccc(Cl)cc1. The molecule has 0 radical (unpaired) electrons. The minimum atomic E-state index is -0.423. The van der Waals surface area contributed by atoms with Crippen LogP contribution in [0.2, 0.25) is 10.0 Å². The van der Waals surface area contributed by atoms with Gasteiger partial charge in [0.2, 0.25) is 5.91 Å². The number of halogens is 2. The van der Waals surface area contributed by atoms with E-state index in [1.807, 2.05) is 12.1 Å². The van der Waals surface area contributed by atoms with Crippen LogP contribution in [0.25, 0.3) is 0 Å². The molecule has 0 bridgehead atoms. The summed E-state index contributed by atoms with van der Waals surface area (Å²) in [4.78, 5) is 37.6. The monoisotopic (exact) mass is 376 g/mol. The van der Waals surface area contributed by atoms with E-state index in [9.17, 15) is 14.4 Å². The third-order valence-electron chi connectivity index (χ3n) is 3.90. The van der Waals surface area contributed by atoms with Gasteiger partial charge in [-0.25, -0.2) is 0 Å². The van der Waals surface area contributed by atoms with Crippen molar-refractivity contribution in [3.63, 3.8) is 0 Å². The van der Waals surface area contributed by atoms with Gasteiger partial charge in [-0.3, -0.25) is 19.3 Å². The molecule has 128 valence electrons. The molecule has 0 aliphatic carbocycles. The summed E-state index contributed by atoms with van der Waals surface area (Å²) in [6.45, 7) is 0.379. The van der Waals surface area contributed by atoms with Gasteiger partial charge in [0, 0.05) is 29.6 Å². The smallest absolute Gasteiger partial charge is 0.261 e. The first-order valence-corrected chi connectivity index (χ1v) is 8.38. The Bertz CT molecular complexity index is 850. The highest BCUT2D eigenvalue weighted by Gasteiger charge is 2.35. The van der Waals surface area contributed by atoms with Crippen LogP contribution in [0.4, 0.5) is 0 Å². The van der Waals surface area contributed by atoms with E-state index >= 15 is 0 Å². The fourth-order valence-electron chi connectivity index (χ4n) is 2.57. The molecule has 0 atom stereocenters. The summed E-state index contributed by atoms with van der Waals surface area (Å²) in [5, 5.41) is 3.77. The van der Waals surface area contributed by atoms with Crippen molar-refractivity contribution < 1.29 is 14.4 Å². The quantitative estimate of drug-likeness (QED) is 0.814. The summed E-state index contributed by atoms with van der Waals surface area (Å²) < 4.78 is 0. The van der Waals surface area contributed by atoms with E-state index in [1.54, 1.807) is 18.2 Å². The molecule has 0 fully saturated rings. The molecule has 1 N–H and O–H groups in total. The first-order valence-electron chi connectivity index (χ1n) is 7.62. The van der Waals surface area contributed by atoms with Crippen molar-refractivity contribution in [1.82, 2.24) is 10.2 Å². The lowest BCUT2D eigenvalue weighted by molar-refractivity contribution is -0.121. The zero-order valence-corrected chi connectivity index (χ0v) is 14.6. The number of rotatable bonds is 5. The van der Waals surface area contributed by atoms with E-state index in [1.165, 1.54) is 12.1 Å². The number of hydrogen-bond acceptors (Lipinski definition) is 3. The Morgan fingerprint density at radius 3 is 2.28 bits per heavy atom. The van der Waals surface area contributed by atoms with Crippen LogP contribution in [0, 0.1) is 0 Å². The van der Waals surface area contributed by atoms with Crippen LogP contribution in [0.15, 0.2) is 42.5 Å². The number of amides is 3. The van der Waals surface area contributed by atoms with E-state index < -0.39 is 11.8 Å². The second-order valence-electron chi connectivity index (χ2n) is 5.61. The van der Waals surface area contributed by atoms with E-state index in [2.05, 4.69) is 5.32 Å². The molecule has 1 aliphatic heterocycles. The third-order valence-corrected chi connectivity index (χ3v) is 4.39. The van der Waals surface area contributed by atoms with Gasteiger partial charge in [0.1, 0.15) is 0 Å². The normalized spacial score (nSPS) is 13.1. The number of hydrogen-bond donors (Lipinski definition) is 1. The average Bonchev–Trinajstić information content (AvgIpc) is 2.83. The molecule has 0 aromatic heterocycles. The number of fused-ring (bicyclic) bond motifs is 1. The Morgan fingerprint density at radius 1 is 0.920 bits per heavy atom. The maximum absolute atomic E-state index is 12.3. The maximum atomic E-state index is 12.3. The van der Waals surface area contributed by atoms with E-state index in [4.69, 9.17) is 23.2 Å². The minimum absolute atomic E-state index is 0.0242. The first-order chi connectivity index (χ1) is 12.0. The van der Waals surface area contributed by atoms with Crippen molar-refractivity contribution in [2.24, 2.45) is 0 Å². The number of carbonyl (C=O) groups excluding carboxylic acids is 3. The molecule has 0 unspecified atom stereocenters. The van der Waals surface area contributed by atoms with E-state index in [0.29, 0.717) is 22.2 Å². The fourth-order valence-corrected chi connectivity index (χ4v) is 2.87. The summed E-state index contributed by atoms with van der Waals surface area (Å²) in [6, 6.07) is 11.7. The van der Waals surface area contributed by atoms with Gasteiger partial charge in [-0.2, -0.15) is 0 Å². The number of benzene rings is 2. The van der Waals surface area contributed by atoms with Crippen LogP contribution in [0.5, 0.6) is 0 Å². The van der Waals surface area contributed by atoms with Crippen molar-refractivity contribution in [3.05, 3.63) is 69.2 Å². The summed E-state index contributed by atoms with van der Waals surface area (Å²) >= 11 is 11.7. The predicted octanol–water partition coefficient (Wildman–Crippen LogP) is 3.30. The van der Waals surface area contributed by atoms with Gasteiger partial charge < -0.3 is 5.32 Å². The Balaban J connectivity index is 1.55. The Hall–Kier alpha value is -2.37. The van der Waals surface area contributed by atoms with Gasteiger partial charge >= 0.3 is 0 Å². The van der Waals surface area contributed by atoms with Crippen molar-refractivity contribution in [2.75, 3.05) is 6.54 Å². The van der Waals surface area contributed by atoms with Crippen LogP contribution in [0.3, 0.4) is 0 Å². The molecular weight excluding hydrogens is 363 g/mol. The molecule has 1 aliphatic rings. The number of imide groups is 1. The van der Waals surface area contributed by atoms with Crippen LogP contribution in [-0.4, -0.2) is 29.2 Å². The van der Waals surface area contributed by atoms with Crippen LogP contribution in [0.1, 0.15) is 32.7 Å². The maximum Gasteiger partial charge on any atom is 0.261 e. The summed E-state index contributed by atoms with van der Waals surface area (Å²) in [7, 11) is 0. The Labute approximate surface area is 154 Å². The molecule has 0 saturated heterocycles. The molecule has 0 spiro atoms. The average molecular weight is 377 g/mol. The van der Waals surface area contributed by atoms with Crippen molar-refractivity contribution in [1.29, 1.82) is 0 Å². The largest absolute Gasteiger partial charge is 0.352 e. The van der Waals surface area contributed by atoms with Crippen molar-refractivity contribution in [3.8, 4) is 0 Å². The summed E-state index contributed by atoms with van der Waals surface area (Å²) in [5.41, 5.74) is 1.50. The van der Waals surface area contributed by atoms with Crippen molar-refractivity contribution in [2.45, 2.75) is 13.0 Å². The highest BCUT2D eigenvalue weighted by Crippen LogP contribution is 2.25. The van der Waals surface area contributed by atoms with Crippen molar-refractivity contribution >= 4 is 40.9 Å². The van der Waals surface area contributed by atoms with Crippen LogP contribution < -0.4 is 5.32 Å². The molecule has 2 aromatic carbocycles. The van der Waals surface area contributed by atoms with Crippen LogP contribution in [-0.2, 0) is 11.3 Å². The lowest BCUT2D eigenvalue weighted by Crippen LogP contribution is -2.34. The summed E-state index contributed by atoms with van der Waals surface area (Å²) in [6.07, 6.45) is 0.0345. The molecule has 25 heavy (non-hydrogen) atoms. The molecule has 2 aromatic rings. The molecular formula is C18H14Cl2N2O3. The number of carbonyl (C=O) groups is 3. The molecule has 7 heteroatoms. The highest BCUT2D eigenvalue weighted by atomic mass is 35.5. The number of nitrogens with one attached hydrogen (secondary N) is 1. The lowest BCUT2D eigenvalue weighted by atomic mass is 10.1. The fraction of sp³-hybridized carbons (Fsp3) is 0.167. The van der Waals surface area contributed by atoms with Crippen LogP contribution >= 0.6 is 23.2 Å².